The molecule has 1 heterocycles. The molecule has 1 rings (SSSR count). The van der Waals surface area contributed by atoms with Crippen LogP contribution in [0.5, 0.6) is 0 Å². The Bertz CT molecular complexity index is 286. The molecule has 1 aromatic rings. The molecule has 0 radical (unpaired) electrons. The lowest BCUT2D eigenvalue weighted by molar-refractivity contribution is 0.136. The van der Waals surface area contributed by atoms with Gasteiger partial charge < -0.3 is 10.1 Å². The lowest BCUT2D eigenvalue weighted by atomic mass is 10.1. The van der Waals surface area contributed by atoms with Crippen LogP contribution in [-0.2, 0) is 11.3 Å². The number of aryl methyl sites for hydroxylation is 1. The lowest BCUT2D eigenvalue weighted by Crippen LogP contribution is -2.22. The minimum absolute atomic E-state index is 0.358. The molecule has 0 bridgehead atoms. The van der Waals surface area contributed by atoms with Crippen LogP contribution in [0.3, 0.4) is 0 Å². The van der Waals surface area contributed by atoms with Crippen LogP contribution in [0.2, 0.25) is 0 Å². The van der Waals surface area contributed by atoms with Gasteiger partial charge in [0, 0.05) is 37.6 Å². The van der Waals surface area contributed by atoms with Crippen LogP contribution in [0.25, 0.3) is 0 Å². The Kier molecular flexibility index (Phi) is 6.11. The number of nitrogens with zero attached hydrogens (tertiary/aromatic N) is 2. The summed E-state index contributed by atoms with van der Waals surface area (Å²) >= 11 is 0. The first-order valence-corrected chi connectivity index (χ1v) is 6.15. The fraction of sp³-hybridized carbons (Fsp3) is 0.750. The molecule has 0 fully saturated rings. The van der Waals surface area contributed by atoms with Crippen molar-refractivity contribution in [2.24, 2.45) is 0 Å². The normalized spacial score (nSPS) is 12.9. The van der Waals surface area contributed by atoms with E-state index in [2.05, 4.69) is 30.5 Å². The Labute approximate surface area is 98.0 Å². The number of nitrogens with one attached hydrogen (secondary N) is 1. The summed E-state index contributed by atoms with van der Waals surface area (Å²) in [4.78, 5) is 0. The molecule has 1 unspecified atom stereocenters. The summed E-state index contributed by atoms with van der Waals surface area (Å²) in [7, 11) is 0. The van der Waals surface area contributed by atoms with Crippen LogP contribution in [0.1, 0.15) is 38.8 Å². The van der Waals surface area contributed by atoms with Gasteiger partial charge in [0.15, 0.2) is 0 Å². The van der Waals surface area contributed by atoms with Crippen LogP contribution in [0.4, 0.5) is 0 Å². The standard InChI is InChI=1S/C12H23N3O/c1-4-13-12(7-8-16-6-3)11-9-14-15(5-2)10-11/h9-10,12-13H,4-8H2,1-3H3. The Morgan fingerprint density at radius 1 is 1.44 bits per heavy atom. The van der Waals surface area contributed by atoms with Crippen molar-refractivity contribution in [2.45, 2.75) is 39.8 Å². The molecule has 1 aromatic heterocycles. The van der Waals surface area contributed by atoms with Gasteiger partial charge in [-0.1, -0.05) is 6.92 Å². The first-order valence-electron chi connectivity index (χ1n) is 6.15. The van der Waals surface area contributed by atoms with Crippen LogP contribution >= 0.6 is 0 Å². The van der Waals surface area contributed by atoms with Gasteiger partial charge in [-0.3, -0.25) is 4.68 Å². The Balaban J connectivity index is 2.54. The van der Waals surface area contributed by atoms with Crippen molar-refractivity contribution < 1.29 is 4.74 Å². The molecule has 0 aliphatic carbocycles. The number of aromatic nitrogens is 2. The molecular formula is C12H23N3O. The van der Waals surface area contributed by atoms with Crippen molar-refractivity contribution in [1.29, 1.82) is 0 Å². The zero-order chi connectivity index (χ0) is 11.8. The van der Waals surface area contributed by atoms with E-state index < -0.39 is 0 Å². The van der Waals surface area contributed by atoms with Crippen molar-refractivity contribution >= 4 is 0 Å². The van der Waals surface area contributed by atoms with Gasteiger partial charge >= 0.3 is 0 Å². The van der Waals surface area contributed by atoms with Crippen LogP contribution in [-0.4, -0.2) is 29.5 Å². The lowest BCUT2D eigenvalue weighted by Gasteiger charge is -2.15. The molecule has 4 heteroatoms. The van der Waals surface area contributed by atoms with Gasteiger partial charge in [-0.25, -0.2) is 0 Å². The summed E-state index contributed by atoms with van der Waals surface area (Å²) < 4.78 is 7.36. The molecule has 1 N–H and O–H groups in total. The van der Waals surface area contributed by atoms with Gasteiger partial charge in [0.2, 0.25) is 0 Å². The molecule has 16 heavy (non-hydrogen) atoms. The van der Waals surface area contributed by atoms with E-state index in [4.69, 9.17) is 4.74 Å². The van der Waals surface area contributed by atoms with Gasteiger partial charge in [-0.2, -0.15) is 5.10 Å². The predicted molar refractivity (Wildman–Crippen MR) is 65.4 cm³/mol. The molecule has 4 nitrogen and oxygen atoms in total. The fourth-order valence-corrected chi connectivity index (χ4v) is 1.71. The maximum atomic E-state index is 5.40. The second-order valence-electron chi connectivity index (χ2n) is 3.73. The van der Waals surface area contributed by atoms with Crippen molar-refractivity contribution in [3.05, 3.63) is 18.0 Å². The minimum Gasteiger partial charge on any atom is -0.382 e. The summed E-state index contributed by atoms with van der Waals surface area (Å²) in [5.41, 5.74) is 1.25. The number of hydrogen-bond donors (Lipinski definition) is 1. The Morgan fingerprint density at radius 3 is 2.81 bits per heavy atom. The average Bonchev–Trinajstić information content (AvgIpc) is 2.76. The first kappa shape index (κ1) is 13.2. The SMILES string of the molecule is CCNC(CCOCC)c1cnn(CC)c1. The quantitative estimate of drug-likeness (QED) is 0.688. The third-order valence-corrected chi connectivity index (χ3v) is 2.59. The molecule has 0 aliphatic rings. The summed E-state index contributed by atoms with van der Waals surface area (Å²) in [6, 6.07) is 0.358. The van der Waals surface area contributed by atoms with E-state index in [1.54, 1.807) is 0 Å². The van der Waals surface area contributed by atoms with Crippen molar-refractivity contribution in [1.82, 2.24) is 15.1 Å². The summed E-state index contributed by atoms with van der Waals surface area (Å²) in [5.74, 6) is 0. The molecule has 0 aromatic carbocycles. The predicted octanol–water partition coefficient (Wildman–Crippen LogP) is 1.98. The van der Waals surface area contributed by atoms with E-state index in [0.29, 0.717) is 6.04 Å². The topological polar surface area (TPSA) is 39.1 Å². The molecule has 92 valence electrons. The molecule has 0 aliphatic heterocycles. The summed E-state index contributed by atoms with van der Waals surface area (Å²) in [6.45, 7) is 9.71. The maximum absolute atomic E-state index is 5.40. The summed E-state index contributed by atoms with van der Waals surface area (Å²) in [6.07, 6.45) is 5.05. The Morgan fingerprint density at radius 2 is 2.25 bits per heavy atom. The maximum Gasteiger partial charge on any atom is 0.0537 e. The molecule has 0 saturated carbocycles. The fourth-order valence-electron chi connectivity index (χ4n) is 1.71. The zero-order valence-electron chi connectivity index (χ0n) is 10.6. The van der Waals surface area contributed by atoms with E-state index in [9.17, 15) is 0 Å². The highest BCUT2D eigenvalue weighted by molar-refractivity contribution is 5.10. The number of ether oxygens (including phenoxy) is 1. The zero-order valence-corrected chi connectivity index (χ0v) is 10.6. The van der Waals surface area contributed by atoms with E-state index in [1.165, 1.54) is 5.56 Å². The van der Waals surface area contributed by atoms with Crippen LogP contribution < -0.4 is 5.32 Å². The molecular weight excluding hydrogens is 202 g/mol. The Hall–Kier alpha value is -0.870. The third-order valence-electron chi connectivity index (χ3n) is 2.59. The molecule has 0 spiro atoms. The highest BCUT2D eigenvalue weighted by Crippen LogP contribution is 2.15. The first-order chi connectivity index (χ1) is 7.81. The summed E-state index contributed by atoms with van der Waals surface area (Å²) in [5, 5.41) is 7.76. The van der Waals surface area contributed by atoms with Crippen molar-refractivity contribution in [3.8, 4) is 0 Å². The van der Waals surface area contributed by atoms with E-state index in [1.807, 2.05) is 17.8 Å². The van der Waals surface area contributed by atoms with E-state index in [0.717, 1.165) is 32.7 Å². The smallest absolute Gasteiger partial charge is 0.0537 e. The van der Waals surface area contributed by atoms with E-state index in [-0.39, 0.29) is 0 Å². The highest BCUT2D eigenvalue weighted by Gasteiger charge is 2.11. The van der Waals surface area contributed by atoms with Gasteiger partial charge in [-0.15, -0.1) is 0 Å². The largest absolute Gasteiger partial charge is 0.382 e. The molecule has 1 atom stereocenters. The van der Waals surface area contributed by atoms with Gasteiger partial charge in [-0.05, 0) is 26.8 Å². The molecule has 0 saturated heterocycles. The number of hydrogen-bond acceptors (Lipinski definition) is 3. The monoisotopic (exact) mass is 225 g/mol. The van der Waals surface area contributed by atoms with Gasteiger partial charge in [0.1, 0.15) is 0 Å². The second-order valence-corrected chi connectivity index (χ2v) is 3.73. The third kappa shape index (κ3) is 3.94. The highest BCUT2D eigenvalue weighted by atomic mass is 16.5. The van der Waals surface area contributed by atoms with Crippen LogP contribution in [0.15, 0.2) is 12.4 Å². The minimum atomic E-state index is 0.358. The van der Waals surface area contributed by atoms with Crippen molar-refractivity contribution in [3.63, 3.8) is 0 Å². The van der Waals surface area contributed by atoms with Crippen LogP contribution in [0, 0.1) is 0 Å². The van der Waals surface area contributed by atoms with Crippen molar-refractivity contribution in [2.75, 3.05) is 19.8 Å². The van der Waals surface area contributed by atoms with E-state index >= 15 is 0 Å². The van der Waals surface area contributed by atoms with Gasteiger partial charge in [0.05, 0.1) is 6.20 Å². The molecule has 0 amide bonds. The van der Waals surface area contributed by atoms with Gasteiger partial charge in [0.25, 0.3) is 0 Å². The second kappa shape index (κ2) is 7.41. The average molecular weight is 225 g/mol. The number of rotatable bonds is 8.